The van der Waals surface area contributed by atoms with Crippen LogP contribution in [0, 0.1) is 0 Å². The molecule has 0 bridgehead atoms. The van der Waals surface area contributed by atoms with Gasteiger partial charge in [0, 0.05) is 0 Å². The van der Waals surface area contributed by atoms with Gasteiger partial charge in [-0.3, -0.25) is 0 Å². The van der Waals surface area contributed by atoms with Crippen LogP contribution < -0.4 is 0 Å². The van der Waals surface area contributed by atoms with Gasteiger partial charge in [-0.15, -0.1) is 0 Å². The first-order valence-corrected chi connectivity index (χ1v) is 5.36. The van der Waals surface area contributed by atoms with Crippen molar-refractivity contribution in [2.75, 3.05) is 13.1 Å². The van der Waals surface area contributed by atoms with Crippen molar-refractivity contribution in [3.05, 3.63) is 18.2 Å². The molecule has 1 heterocycles. The number of aromatic nitrogens is 2. The van der Waals surface area contributed by atoms with E-state index in [1.54, 1.807) is 6.20 Å². The van der Waals surface area contributed by atoms with Gasteiger partial charge in [-0.25, -0.2) is 0 Å². The number of aromatic amines is 1. The summed E-state index contributed by atoms with van der Waals surface area (Å²) in [6.07, 6.45) is 3.66. The predicted molar refractivity (Wildman–Crippen MR) is 50.1 cm³/mol. The molecule has 0 saturated carbocycles. The molecule has 0 aromatic carbocycles. The maximum atomic E-state index is 4.18. The molecule has 0 amide bonds. The van der Waals surface area contributed by atoms with Gasteiger partial charge < -0.3 is 0 Å². The van der Waals surface area contributed by atoms with E-state index >= 15 is 0 Å². The molecule has 1 aromatic rings. The fourth-order valence-corrected chi connectivity index (χ4v) is 1.62. The van der Waals surface area contributed by atoms with Crippen molar-refractivity contribution in [1.82, 2.24) is 14.9 Å². The molecule has 12 heavy (non-hydrogen) atoms. The number of nitrogens with one attached hydrogen (secondary N) is 1. The number of hydrogen-bond acceptors (Lipinski definition) is 2. The average molecular weight is 231 g/mol. The average Bonchev–Trinajstić information content (AvgIpc) is 2.56. The first-order valence-electron chi connectivity index (χ1n) is 4.15. The second-order valence-electron chi connectivity index (χ2n) is 2.61. The standard InChI is InChI=1S/C8H14N3Se/c1-2-11(5-6-12)7-8-9-3-4-10-8/h3-4H,2,5-7H2,1H3,(H,9,10). The topological polar surface area (TPSA) is 31.9 Å². The molecule has 3 nitrogen and oxygen atoms in total. The van der Waals surface area contributed by atoms with Crippen molar-refractivity contribution < 1.29 is 0 Å². The predicted octanol–water partition coefficient (Wildman–Crippen LogP) is 0.818. The minimum atomic E-state index is 0.922. The second-order valence-corrected chi connectivity index (χ2v) is 3.47. The maximum absolute atomic E-state index is 4.18. The summed E-state index contributed by atoms with van der Waals surface area (Å²) in [4.78, 5) is 9.62. The first kappa shape index (κ1) is 9.78. The van der Waals surface area contributed by atoms with Gasteiger partial charge in [-0.1, -0.05) is 0 Å². The molecule has 0 unspecified atom stereocenters. The van der Waals surface area contributed by atoms with Crippen LogP contribution in [0.5, 0.6) is 0 Å². The molecule has 0 aliphatic rings. The van der Waals surface area contributed by atoms with Crippen LogP contribution in [0.25, 0.3) is 0 Å². The van der Waals surface area contributed by atoms with Crippen LogP contribution >= 0.6 is 0 Å². The van der Waals surface area contributed by atoms with E-state index in [0.717, 1.165) is 30.8 Å². The third-order valence-corrected chi connectivity index (χ3v) is 2.17. The summed E-state index contributed by atoms with van der Waals surface area (Å²) in [7, 11) is 0. The zero-order valence-corrected chi connectivity index (χ0v) is 9.00. The molecule has 0 spiro atoms. The Morgan fingerprint density at radius 3 is 3.00 bits per heavy atom. The van der Waals surface area contributed by atoms with Crippen LogP contribution in [-0.2, 0) is 6.54 Å². The molecule has 67 valence electrons. The van der Waals surface area contributed by atoms with Gasteiger partial charge in [0.1, 0.15) is 0 Å². The SMILES string of the molecule is CCN(CC[Se])Cc1ncc[nH]1. The van der Waals surface area contributed by atoms with Gasteiger partial charge >= 0.3 is 81.0 Å². The molecule has 0 atom stereocenters. The van der Waals surface area contributed by atoms with Crippen molar-refractivity contribution >= 4 is 16.0 Å². The zero-order valence-electron chi connectivity index (χ0n) is 7.29. The molecule has 1 radical (unpaired) electrons. The second kappa shape index (κ2) is 5.36. The van der Waals surface area contributed by atoms with Gasteiger partial charge in [0.05, 0.1) is 0 Å². The summed E-state index contributed by atoms with van der Waals surface area (Å²) < 4.78 is 0. The van der Waals surface area contributed by atoms with E-state index in [-0.39, 0.29) is 0 Å². The molecule has 0 aliphatic carbocycles. The van der Waals surface area contributed by atoms with Crippen LogP contribution in [0.15, 0.2) is 12.4 Å². The fraction of sp³-hybridized carbons (Fsp3) is 0.625. The van der Waals surface area contributed by atoms with Gasteiger partial charge in [-0.2, -0.15) is 0 Å². The number of H-pyrrole nitrogens is 1. The number of imidazole rings is 1. The number of rotatable bonds is 5. The van der Waals surface area contributed by atoms with E-state index in [1.165, 1.54) is 0 Å². The zero-order chi connectivity index (χ0) is 8.81. The van der Waals surface area contributed by atoms with E-state index < -0.39 is 0 Å². The Balaban J connectivity index is 2.37. The Labute approximate surface area is 81.4 Å². The Bertz CT molecular complexity index is 198. The molecular formula is C8H14N3Se. The Morgan fingerprint density at radius 1 is 1.67 bits per heavy atom. The summed E-state index contributed by atoms with van der Waals surface area (Å²) in [5.74, 6) is 1.05. The monoisotopic (exact) mass is 232 g/mol. The van der Waals surface area contributed by atoms with Crippen molar-refractivity contribution in [2.45, 2.75) is 18.8 Å². The van der Waals surface area contributed by atoms with E-state index in [4.69, 9.17) is 0 Å². The summed E-state index contributed by atoms with van der Waals surface area (Å²) in [6.45, 7) is 5.25. The molecular weight excluding hydrogens is 217 g/mol. The number of nitrogens with zero attached hydrogens (tertiary/aromatic N) is 2. The summed E-state index contributed by atoms with van der Waals surface area (Å²) in [5.41, 5.74) is 0. The van der Waals surface area contributed by atoms with Crippen LogP contribution in [0.4, 0.5) is 0 Å². The van der Waals surface area contributed by atoms with E-state index in [9.17, 15) is 0 Å². The first-order chi connectivity index (χ1) is 5.86. The van der Waals surface area contributed by atoms with Crippen LogP contribution in [0.3, 0.4) is 0 Å². The third-order valence-electron chi connectivity index (χ3n) is 1.78. The van der Waals surface area contributed by atoms with Crippen molar-refractivity contribution in [3.63, 3.8) is 0 Å². The van der Waals surface area contributed by atoms with E-state index in [1.807, 2.05) is 6.20 Å². The van der Waals surface area contributed by atoms with Gasteiger partial charge in [0.15, 0.2) is 0 Å². The van der Waals surface area contributed by atoms with Crippen LogP contribution in [0.1, 0.15) is 12.7 Å². The van der Waals surface area contributed by atoms with E-state index in [2.05, 4.69) is 37.8 Å². The molecule has 0 aliphatic heterocycles. The Kier molecular flexibility index (Phi) is 4.36. The molecule has 1 N–H and O–H groups in total. The van der Waals surface area contributed by atoms with Crippen molar-refractivity contribution in [1.29, 1.82) is 0 Å². The quantitative estimate of drug-likeness (QED) is 0.761. The Morgan fingerprint density at radius 2 is 2.50 bits per heavy atom. The third kappa shape index (κ3) is 2.97. The van der Waals surface area contributed by atoms with Crippen LogP contribution in [0.2, 0.25) is 5.32 Å². The normalized spacial score (nSPS) is 10.9. The van der Waals surface area contributed by atoms with Crippen molar-refractivity contribution in [3.8, 4) is 0 Å². The number of hydrogen-bond donors (Lipinski definition) is 1. The van der Waals surface area contributed by atoms with Gasteiger partial charge in [0.25, 0.3) is 0 Å². The fourth-order valence-electron chi connectivity index (χ4n) is 1.07. The molecule has 4 heteroatoms. The minimum absolute atomic E-state index is 0.922. The van der Waals surface area contributed by atoms with E-state index in [0.29, 0.717) is 0 Å². The summed E-state index contributed by atoms with van der Waals surface area (Å²) in [5, 5.41) is 1.08. The Hall–Kier alpha value is -0.311. The van der Waals surface area contributed by atoms with Gasteiger partial charge in [0.2, 0.25) is 0 Å². The van der Waals surface area contributed by atoms with Crippen LogP contribution in [-0.4, -0.2) is 44.0 Å². The summed E-state index contributed by atoms with van der Waals surface area (Å²) >= 11 is 3.01. The molecule has 1 rings (SSSR count). The van der Waals surface area contributed by atoms with Gasteiger partial charge in [-0.05, 0) is 0 Å². The molecule has 0 saturated heterocycles. The van der Waals surface area contributed by atoms with Crippen molar-refractivity contribution in [2.24, 2.45) is 0 Å². The molecule has 1 aromatic heterocycles. The summed E-state index contributed by atoms with van der Waals surface area (Å²) in [6, 6.07) is 0. The molecule has 0 fully saturated rings.